The zero-order chi connectivity index (χ0) is 37.7. The second-order valence-corrected chi connectivity index (χ2v) is 17.7. The molecule has 54 heavy (non-hydrogen) atoms. The molecule has 0 N–H and O–H groups in total. The van der Waals surface area contributed by atoms with Gasteiger partial charge in [-0.1, -0.05) is 174 Å². The van der Waals surface area contributed by atoms with Gasteiger partial charge in [0.25, 0.3) is 0 Å². The van der Waals surface area contributed by atoms with Gasteiger partial charge >= 0.3 is 34.1 Å². The van der Waals surface area contributed by atoms with Crippen LogP contribution in [0.25, 0.3) is 31.9 Å². The second-order valence-electron chi connectivity index (χ2n) is 17.7. The van der Waals surface area contributed by atoms with Crippen molar-refractivity contribution >= 4 is 0 Å². The molecule has 6 aliphatic heterocycles. The van der Waals surface area contributed by atoms with Gasteiger partial charge in [-0.05, 0) is 0 Å². The molecule has 8 nitrogen and oxygen atoms in total. The van der Waals surface area contributed by atoms with Crippen molar-refractivity contribution in [1.82, 2.24) is 0 Å². The third kappa shape index (κ3) is 13.0. The first-order valence-corrected chi connectivity index (χ1v) is 21.5. The first-order chi connectivity index (χ1) is 25.0. The predicted octanol–water partition coefficient (Wildman–Crippen LogP) is 12.5. The zero-order valence-corrected chi connectivity index (χ0v) is 36.9. The smallest absolute Gasteiger partial charge is 0.657 e. The van der Waals surface area contributed by atoms with E-state index in [4.69, 9.17) is 42.4 Å². The van der Waals surface area contributed by atoms with Gasteiger partial charge in [-0.15, -0.1) is 78.6 Å². The van der Waals surface area contributed by atoms with Crippen LogP contribution < -0.4 is 0 Å². The van der Waals surface area contributed by atoms with Gasteiger partial charge in [-0.3, -0.25) is 0 Å². The number of nitriles is 2. The summed E-state index contributed by atoms with van der Waals surface area (Å²) < 4.78 is 0. The maximum Gasteiger partial charge on any atom is 1.00 e. The van der Waals surface area contributed by atoms with Crippen LogP contribution in [0.5, 0.6) is 0 Å². The van der Waals surface area contributed by atoms with E-state index < -0.39 is 0 Å². The maximum atomic E-state index is 7.32. The standard InChI is InChI=1S/C40H68N6.2C2H3N.2Cu/c1-27-13-7-19-33(41-27)39(5,34-20-8-14-28(2)42-34)37-23-11-17-31(45-37)25-26-32-18-12-24-38(46-32)40(6,35-21-9-15-29(3)43-35)36-22-10-16-30(4)44-36;2*1-2-3;;/h11,23,27-38H,7-10,12-22,24-26H2,1-6H3;2*1H3;;/q-6;;;2*+1. The normalized spacial score (nSPS) is 39.0. The zero-order valence-electron chi connectivity index (χ0n) is 35.0. The summed E-state index contributed by atoms with van der Waals surface area (Å²) in [5, 5.41) is 47.8. The van der Waals surface area contributed by atoms with Crippen molar-refractivity contribution in [1.29, 1.82) is 10.5 Å². The molecule has 12 unspecified atom stereocenters. The Bertz CT molecular complexity index is 1110. The number of nitrogens with zero attached hydrogens (tertiary/aromatic N) is 8. The molecule has 0 bridgehead atoms. The van der Waals surface area contributed by atoms with Gasteiger partial charge < -0.3 is 31.9 Å². The molecule has 0 saturated carbocycles. The summed E-state index contributed by atoms with van der Waals surface area (Å²) in [6.07, 6.45) is 27.1. The largest absolute Gasteiger partial charge is 1.00 e. The fourth-order valence-electron chi connectivity index (χ4n) is 10.7. The Labute approximate surface area is 353 Å². The molecule has 0 aromatic carbocycles. The Hall–Kier alpha value is -0.481. The van der Waals surface area contributed by atoms with Gasteiger partial charge in [0.05, 0.1) is 12.1 Å². The SMILES string of the molecule is CC#N.CC#N.CC1CCCC(C(C)(C2C=CCC(CCC3CCCC(C(C)(C4CCCC(C)[N-]4)C4CCCC(C)[N-]4)[N-]3)[N-]2)C2CCCC(C)[N-]2)[N-]1.[Cu+].[Cu+]. The number of piperidine rings is 5. The molecule has 12 atom stereocenters. The van der Waals surface area contributed by atoms with E-state index in [2.05, 4.69) is 53.7 Å². The minimum Gasteiger partial charge on any atom is -0.657 e. The molecule has 6 rings (SSSR count). The first-order valence-electron chi connectivity index (χ1n) is 21.5. The number of hydrogen-bond acceptors (Lipinski definition) is 2. The topological polar surface area (TPSA) is 132 Å². The predicted molar refractivity (Wildman–Crippen MR) is 219 cm³/mol. The molecule has 5 fully saturated rings. The number of rotatable bonds is 9. The van der Waals surface area contributed by atoms with E-state index in [1.54, 1.807) is 12.1 Å². The van der Waals surface area contributed by atoms with Crippen LogP contribution in [-0.4, -0.2) is 72.5 Å². The van der Waals surface area contributed by atoms with Gasteiger partial charge in [0.15, 0.2) is 0 Å². The van der Waals surface area contributed by atoms with Crippen molar-refractivity contribution in [2.45, 2.75) is 243 Å². The van der Waals surface area contributed by atoms with E-state index >= 15 is 0 Å². The molecule has 10 heteroatoms. The van der Waals surface area contributed by atoms with Gasteiger partial charge in [0, 0.05) is 13.8 Å². The molecule has 0 radical (unpaired) electrons. The monoisotopic (exact) mass is 840 g/mol. The quantitative estimate of drug-likeness (QED) is 0.169. The summed E-state index contributed by atoms with van der Waals surface area (Å²) in [5.41, 5.74) is 0.0517. The Morgan fingerprint density at radius 3 is 1.22 bits per heavy atom. The van der Waals surface area contributed by atoms with Gasteiger partial charge in [0.1, 0.15) is 0 Å². The minimum absolute atomic E-state index is 0. The van der Waals surface area contributed by atoms with E-state index in [1.165, 1.54) is 117 Å². The van der Waals surface area contributed by atoms with Crippen LogP contribution in [0, 0.1) is 33.5 Å². The second kappa shape index (κ2) is 24.4. The van der Waals surface area contributed by atoms with Crippen LogP contribution in [0.2, 0.25) is 0 Å². The van der Waals surface area contributed by atoms with Crippen molar-refractivity contribution < 1.29 is 34.1 Å². The molecule has 6 heterocycles. The molecule has 5 saturated heterocycles. The van der Waals surface area contributed by atoms with Gasteiger partial charge in [-0.25, -0.2) is 0 Å². The molecular formula is C44H74Cu2N8-4. The Kier molecular flexibility index (Phi) is 22.5. The third-order valence-electron chi connectivity index (χ3n) is 13.7. The van der Waals surface area contributed by atoms with E-state index in [0.717, 1.165) is 12.8 Å². The fraction of sp³-hybridized carbons (Fsp3) is 0.909. The number of hydrogen-bond donors (Lipinski definition) is 0. The van der Waals surface area contributed by atoms with Crippen LogP contribution in [0.1, 0.15) is 171 Å². The molecule has 316 valence electrons. The van der Waals surface area contributed by atoms with E-state index in [1.807, 2.05) is 0 Å². The molecule has 0 aromatic rings. The van der Waals surface area contributed by atoms with Crippen LogP contribution in [-0.2, 0) is 34.1 Å². The average Bonchev–Trinajstić information content (AvgIpc) is 3.14. The third-order valence-corrected chi connectivity index (χ3v) is 13.7. The average molecular weight is 842 g/mol. The van der Waals surface area contributed by atoms with Gasteiger partial charge in [-0.2, -0.15) is 10.5 Å². The molecular weight excluding hydrogens is 768 g/mol. The summed E-state index contributed by atoms with van der Waals surface area (Å²) in [6.45, 7) is 17.2. The summed E-state index contributed by atoms with van der Waals surface area (Å²) in [7, 11) is 0. The van der Waals surface area contributed by atoms with Gasteiger partial charge in [0.2, 0.25) is 0 Å². The van der Waals surface area contributed by atoms with E-state index in [0.29, 0.717) is 66.5 Å². The van der Waals surface area contributed by atoms with Crippen molar-refractivity contribution in [2.24, 2.45) is 10.8 Å². The Morgan fingerprint density at radius 2 is 0.833 bits per heavy atom. The molecule has 6 aliphatic rings. The summed E-state index contributed by atoms with van der Waals surface area (Å²) in [6, 6.07) is 8.35. The van der Waals surface area contributed by atoms with Crippen LogP contribution in [0.3, 0.4) is 0 Å². The van der Waals surface area contributed by atoms with Crippen molar-refractivity contribution in [2.75, 3.05) is 0 Å². The molecule has 0 spiro atoms. The van der Waals surface area contributed by atoms with Crippen LogP contribution >= 0.6 is 0 Å². The molecule has 0 amide bonds. The Balaban J connectivity index is 0.00000118. The summed E-state index contributed by atoms with van der Waals surface area (Å²) >= 11 is 0. The van der Waals surface area contributed by atoms with Crippen LogP contribution in [0.15, 0.2) is 12.2 Å². The van der Waals surface area contributed by atoms with E-state index in [-0.39, 0.29) is 51.0 Å². The first kappa shape index (κ1) is 49.7. The van der Waals surface area contributed by atoms with Crippen molar-refractivity contribution in [3.05, 3.63) is 44.1 Å². The van der Waals surface area contributed by atoms with Crippen molar-refractivity contribution in [3.8, 4) is 12.1 Å². The summed E-state index contributed by atoms with van der Waals surface area (Å²) in [5.74, 6) is 0. The molecule has 0 aliphatic carbocycles. The minimum atomic E-state index is -0.0120. The maximum absolute atomic E-state index is 7.32. The Morgan fingerprint density at radius 1 is 0.500 bits per heavy atom. The fourth-order valence-corrected chi connectivity index (χ4v) is 10.7. The molecule has 0 aromatic heterocycles. The van der Waals surface area contributed by atoms with E-state index in [9.17, 15) is 0 Å². The summed E-state index contributed by atoms with van der Waals surface area (Å²) in [4.78, 5) is 0. The van der Waals surface area contributed by atoms with Crippen LogP contribution in [0.4, 0.5) is 0 Å². The van der Waals surface area contributed by atoms with Crippen molar-refractivity contribution in [3.63, 3.8) is 0 Å².